The number of phenols is 1. The molecule has 0 heterocycles. The van der Waals surface area contributed by atoms with Crippen LogP contribution in [-0.2, 0) is 13.0 Å². The van der Waals surface area contributed by atoms with Gasteiger partial charge in [-0.1, -0.05) is 42.8 Å². The largest absolute Gasteiger partial charge is 0.507 e. The van der Waals surface area contributed by atoms with Crippen molar-refractivity contribution < 1.29 is 9.90 Å². The molecule has 2 aromatic carbocycles. The molecule has 0 aliphatic heterocycles. The normalized spacial score (nSPS) is 10.4. The van der Waals surface area contributed by atoms with Crippen molar-refractivity contribution in [3.63, 3.8) is 0 Å². The minimum absolute atomic E-state index is 0.0266. The molecule has 0 aromatic heterocycles. The van der Waals surface area contributed by atoms with Gasteiger partial charge in [-0.3, -0.25) is 4.79 Å². The van der Waals surface area contributed by atoms with E-state index in [1.165, 1.54) is 5.56 Å². The van der Waals surface area contributed by atoms with E-state index in [1.807, 2.05) is 19.1 Å². The van der Waals surface area contributed by atoms with E-state index < -0.39 is 0 Å². The molecular formula is C18H21NO2. The predicted molar refractivity (Wildman–Crippen MR) is 84.5 cm³/mol. The lowest BCUT2D eigenvalue weighted by molar-refractivity contribution is 0.0782. The minimum Gasteiger partial charge on any atom is -0.507 e. The van der Waals surface area contributed by atoms with Crippen LogP contribution in [0.25, 0.3) is 0 Å². The van der Waals surface area contributed by atoms with Gasteiger partial charge in [-0.15, -0.1) is 0 Å². The van der Waals surface area contributed by atoms with E-state index in [0.717, 1.165) is 17.5 Å². The van der Waals surface area contributed by atoms with E-state index in [-0.39, 0.29) is 11.7 Å². The first-order chi connectivity index (χ1) is 10.0. The summed E-state index contributed by atoms with van der Waals surface area (Å²) in [6.45, 7) is 4.54. The lowest BCUT2D eigenvalue weighted by atomic mass is 10.1. The van der Waals surface area contributed by atoms with Gasteiger partial charge >= 0.3 is 0 Å². The van der Waals surface area contributed by atoms with Crippen molar-refractivity contribution in [2.45, 2.75) is 26.8 Å². The van der Waals surface area contributed by atoms with Crippen LogP contribution >= 0.6 is 0 Å². The number of nitrogens with zero attached hydrogens (tertiary/aromatic N) is 1. The Hall–Kier alpha value is -2.29. The van der Waals surface area contributed by atoms with Gasteiger partial charge in [0.2, 0.25) is 0 Å². The smallest absolute Gasteiger partial charge is 0.257 e. The van der Waals surface area contributed by atoms with E-state index in [0.29, 0.717) is 12.1 Å². The minimum atomic E-state index is -0.171. The summed E-state index contributed by atoms with van der Waals surface area (Å²) < 4.78 is 0. The first kappa shape index (κ1) is 15.1. The predicted octanol–water partition coefficient (Wildman–Crippen LogP) is 3.54. The first-order valence-electron chi connectivity index (χ1n) is 7.14. The third-order valence-corrected chi connectivity index (χ3v) is 3.58. The summed E-state index contributed by atoms with van der Waals surface area (Å²) >= 11 is 0. The Morgan fingerprint density at radius 3 is 2.33 bits per heavy atom. The highest BCUT2D eigenvalue weighted by Gasteiger charge is 2.16. The van der Waals surface area contributed by atoms with Crippen molar-refractivity contribution in [1.82, 2.24) is 4.90 Å². The van der Waals surface area contributed by atoms with Crippen LogP contribution < -0.4 is 0 Å². The number of carbonyl (C=O) groups excluding carboxylic acids is 1. The standard InChI is InChI=1S/C18H21NO2/c1-4-14-6-8-15(9-7-14)12-19(3)18(21)16-11-13(2)5-10-17(16)20/h5-11,20H,4,12H2,1-3H3. The molecule has 0 fully saturated rings. The molecule has 1 N–H and O–H groups in total. The summed E-state index contributed by atoms with van der Waals surface area (Å²) in [6.07, 6.45) is 1.01. The molecule has 0 aliphatic carbocycles. The molecule has 0 unspecified atom stereocenters. The van der Waals surface area contributed by atoms with Gasteiger partial charge in [0.05, 0.1) is 5.56 Å². The van der Waals surface area contributed by atoms with Gasteiger partial charge in [0, 0.05) is 13.6 Å². The monoisotopic (exact) mass is 283 g/mol. The molecule has 0 saturated carbocycles. The van der Waals surface area contributed by atoms with E-state index in [1.54, 1.807) is 30.1 Å². The highest BCUT2D eigenvalue weighted by molar-refractivity contribution is 5.96. The summed E-state index contributed by atoms with van der Waals surface area (Å²) in [7, 11) is 1.75. The second kappa shape index (κ2) is 6.44. The van der Waals surface area contributed by atoms with Crippen molar-refractivity contribution in [1.29, 1.82) is 0 Å². The maximum Gasteiger partial charge on any atom is 0.257 e. The van der Waals surface area contributed by atoms with Crippen LogP contribution in [0.4, 0.5) is 0 Å². The number of hydrogen-bond donors (Lipinski definition) is 1. The highest BCUT2D eigenvalue weighted by atomic mass is 16.3. The fourth-order valence-corrected chi connectivity index (χ4v) is 2.25. The van der Waals surface area contributed by atoms with Crippen LogP contribution in [0, 0.1) is 6.92 Å². The molecule has 0 aliphatic rings. The van der Waals surface area contributed by atoms with Crippen molar-refractivity contribution in [3.05, 3.63) is 64.7 Å². The maximum atomic E-state index is 12.4. The van der Waals surface area contributed by atoms with Crippen LogP contribution in [-0.4, -0.2) is 23.0 Å². The Bertz CT molecular complexity index is 632. The number of carbonyl (C=O) groups is 1. The zero-order chi connectivity index (χ0) is 15.4. The molecule has 0 atom stereocenters. The van der Waals surface area contributed by atoms with Crippen LogP contribution in [0.2, 0.25) is 0 Å². The van der Waals surface area contributed by atoms with Crippen LogP contribution in [0.15, 0.2) is 42.5 Å². The molecule has 3 nitrogen and oxygen atoms in total. The fraction of sp³-hybridized carbons (Fsp3) is 0.278. The topological polar surface area (TPSA) is 40.5 Å². The zero-order valence-electron chi connectivity index (χ0n) is 12.8. The Labute approximate surface area is 125 Å². The molecule has 21 heavy (non-hydrogen) atoms. The molecule has 3 heteroatoms. The number of phenolic OH excluding ortho intramolecular Hbond substituents is 1. The molecule has 0 spiro atoms. The number of amides is 1. The lowest BCUT2D eigenvalue weighted by Gasteiger charge is -2.18. The molecule has 1 amide bonds. The molecule has 0 radical (unpaired) electrons. The Balaban J connectivity index is 2.13. The number of hydrogen-bond acceptors (Lipinski definition) is 2. The highest BCUT2D eigenvalue weighted by Crippen LogP contribution is 2.20. The van der Waals surface area contributed by atoms with Gasteiger partial charge < -0.3 is 10.0 Å². The SMILES string of the molecule is CCc1ccc(CN(C)C(=O)c2cc(C)ccc2O)cc1. The molecule has 0 saturated heterocycles. The lowest BCUT2D eigenvalue weighted by Crippen LogP contribution is -2.26. The van der Waals surface area contributed by atoms with Crippen LogP contribution in [0.3, 0.4) is 0 Å². The quantitative estimate of drug-likeness (QED) is 0.932. The van der Waals surface area contributed by atoms with E-state index in [9.17, 15) is 9.90 Å². The fourth-order valence-electron chi connectivity index (χ4n) is 2.25. The summed E-state index contributed by atoms with van der Waals surface area (Å²) in [5, 5.41) is 9.84. The summed E-state index contributed by atoms with van der Waals surface area (Å²) in [4.78, 5) is 14.0. The summed E-state index contributed by atoms with van der Waals surface area (Å²) in [5.74, 6) is -0.144. The molecular weight excluding hydrogens is 262 g/mol. The first-order valence-corrected chi connectivity index (χ1v) is 7.14. The Morgan fingerprint density at radius 1 is 1.10 bits per heavy atom. The van der Waals surface area contributed by atoms with E-state index in [2.05, 4.69) is 19.1 Å². The van der Waals surface area contributed by atoms with Gasteiger partial charge in [-0.25, -0.2) is 0 Å². The number of benzene rings is 2. The molecule has 2 rings (SSSR count). The Morgan fingerprint density at radius 2 is 1.71 bits per heavy atom. The maximum absolute atomic E-state index is 12.4. The van der Waals surface area contributed by atoms with Crippen molar-refractivity contribution in [2.75, 3.05) is 7.05 Å². The van der Waals surface area contributed by atoms with E-state index >= 15 is 0 Å². The zero-order valence-corrected chi connectivity index (χ0v) is 12.8. The third-order valence-electron chi connectivity index (χ3n) is 3.58. The van der Waals surface area contributed by atoms with Gasteiger partial charge in [0.1, 0.15) is 5.75 Å². The number of aryl methyl sites for hydroxylation is 2. The van der Waals surface area contributed by atoms with Gasteiger partial charge in [-0.05, 0) is 36.6 Å². The summed E-state index contributed by atoms with van der Waals surface area (Å²) in [6, 6.07) is 13.3. The van der Waals surface area contributed by atoms with Crippen LogP contribution in [0.5, 0.6) is 5.75 Å². The van der Waals surface area contributed by atoms with Crippen molar-refractivity contribution in [2.24, 2.45) is 0 Å². The van der Waals surface area contributed by atoms with Crippen molar-refractivity contribution in [3.8, 4) is 5.75 Å². The second-order valence-corrected chi connectivity index (χ2v) is 5.35. The molecule has 2 aromatic rings. The molecule has 110 valence electrons. The second-order valence-electron chi connectivity index (χ2n) is 5.35. The third kappa shape index (κ3) is 3.63. The van der Waals surface area contributed by atoms with Crippen LogP contribution in [0.1, 0.15) is 34.0 Å². The van der Waals surface area contributed by atoms with Gasteiger partial charge in [0.25, 0.3) is 5.91 Å². The Kier molecular flexibility index (Phi) is 4.63. The number of aromatic hydroxyl groups is 1. The average molecular weight is 283 g/mol. The van der Waals surface area contributed by atoms with Gasteiger partial charge in [0.15, 0.2) is 0 Å². The summed E-state index contributed by atoms with van der Waals surface area (Å²) in [5.41, 5.74) is 3.67. The van der Waals surface area contributed by atoms with E-state index in [4.69, 9.17) is 0 Å². The van der Waals surface area contributed by atoms with Crippen molar-refractivity contribution >= 4 is 5.91 Å². The molecule has 0 bridgehead atoms. The average Bonchev–Trinajstić information content (AvgIpc) is 2.49. The van der Waals surface area contributed by atoms with Gasteiger partial charge in [-0.2, -0.15) is 0 Å². The number of rotatable bonds is 4.